The Morgan fingerprint density at radius 3 is 2.34 bits per heavy atom. The van der Waals surface area contributed by atoms with Crippen molar-refractivity contribution < 1.29 is 24.0 Å². The van der Waals surface area contributed by atoms with Crippen LogP contribution in [-0.2, 0) is 28.7 Å². The number of pyridine rings is 1. The number of rotatable bonds is 5. The molecule has 0 amide bonds. The van der Waals surface area contributed by atoms with Crippen LogP contribution in [0.15, 0.2) is 18.3 Å². The molecule has 1 atom stereocenters. The van der Waals surface area contributed by atoms with Gasteiger partial charge in [0, 0.05) is 17.4 Å². The number of aromatic nitrogens is 1. The smallest absolute Gasteiger partial charge is 0.307 e. The van der Waals surface area contributed by atoms with Crippen molar-refractivity contribution in [1.29, 1.82) is 0 Å². The highest BCUT2D eigenvalue weighted by atomic mass is 32.2. The zero-order valence-electron chi connectivity index (χ0n) is 24.2. The molecule has 2 N–H and O–H groups in total. The van der Waals surface area contributed by atoms with E-state index in [4.69, 9.17) is 14.8 Å². The minimum absolute atomic E-state index is 0.0664. The van der Waals surface area contributed by atoms with Crippen molar-refractivity contribution in [2.45, 2.75) is 86.3 Å². The van der Waals surface area contributed by atoms with Gasteiger partial charge >= 0.3 is 5.97 Å². The van der Waals surface area contributed by atoms with Gasteiger partial charge in [0.05, 0.1) is 43.3 Å². The molecule has 4 rings (SSSR count). The molecule has 208 valence electrons. The average molecular weight is 543 g/mol. The van der Waals surface area contributed by atoms with Crippen molar-refractivity contribution in [1.82, 2.24) is 4.98 Å². The number of allylic oxidation sites excluding steroid dienone is 2. The van der Waals surface area contributed by atoms with Gasteiger partial charge in [-0.25, -0.2) is 4.21 Å². The molecule has 1 aromatic heterocycles. The van der Waals surface area contributed by atoms with Crippen molar-refractivity contribution in [3.8, 4) is 17.0 Å². The van der Waals surface area contributed by atoms with Gasteiger partial charge in [0.25, 0.3) is 0 Å². The highest BCUT2D eigenvalue weighted by molar-refractivity contribution is 7.85. The Morgan fingerprint density at radius 2 is 1.84 bits per heavy atom. The van der Waals surface area contributed by atoms with Crippen LogP contribution < -0.4 is 9.04 Å². The van der Waals surface area contributed by atoms with Crippen LogP contribution in [0.25, 0.3) is 16.8 Å². The van der Waals surface area contributed by atoms with E-state index >= 15 is 0 Å². The van der Waals surface area contributed by atoms with Crippen molar-refractivity contribution in [2.24, 2.45) is 5.41 Å². The van der Waals surface area contributed by atoms with Crippen LogP contribution in [0.4, 0.5) is 5.69 Å². The second-order valence-electron chi connectivity index (χ2n) is 12.0. The number of hydrogen-bond donors (Lipinski definition) is 2. The van der Waals surface area contributed by atoms with Gasteiger partial charge in [0.15, 0.2) is 0 Å². The van der Waals surface area contributed by atoms with Gasteiger partial charge in [0.2, 0.25) is 0 Å². The lowest BCUT2D eigenvalue weighted by Crippen LogP contribution is -2.30. The number of benzene rings is 1. The Morgan fingerprint density at radius 1 is 1.21 bits per heavy atom. The van der Waals surface area contributed by atoms with Gasteiger partial charge in [-0.2, -0.15) is 0 Å². The van der Waals surface area contributed by atoms with Crippen LogP contribution in [0.3, 0.4) is 0 Å². The molecule has 8 heteroatoms. The molecule has 1 aromatic carbocycles. The summed E-state index contributed by atoms with van der Waals surface area (Å²) >= 11 is 0. The van der Waals surface area contributed by atoms with E-state index < -0.39 is 22.6 Å². The summed E-state index contributed by atoms with van der Waals surface area (Å²) in [6, 6.07) is 1.95. The Kier molecular flexibility index (Phi) is 8.78. The average Bonchev–Trinajstić information content (AvgIpc) is 2.80. The lowest BCUT2D eigenvalue weighted by Gasteiger charge is -2.36. The quantitative estimate of drug-likeness (QED) is 0.482. The number of nitrogens with zero attached hydrogens (tertiary/aromatic N) is 2. The van der Waals surface area contributed by atoms with E-state index in [1.807, 2.05) is 17.3 Å². The van der Waals surface area contributed by atoms with Crippen LogP contribution in [0.1, 0.15) is 81.7 Å². The van der Waals surface area contributed by atoms with Gasteiger partial charge < -0.3 is 14.9 Å². The fourth-order valence-electron chi connectivity index (χ4n) is 5.16. The Labute approximate surface area is 229 Å². The van der Waals surface area contributed by atoms with Gasteiger partial charge in [-0.15, -0.1) is 0 Å². The third kappa shape index (κ3) is 6.64. The predicted octanol–water partition coefficient (Wildman–Crippen LogP) is 5.99. The van der Waals surface area contributed by atoms with E-state index in [1.165, 1.54) is 5.57 Å². The molecule has 1 aliphatic heterocycles. The molecule has 2 aromatic rings. The first kappa shape index (κ1) is 29.8. The largest absolute Gasteiger partial charge is 0.495 e. The molecule has 0 radical (unpaired) electrons. The van der Waals surface area contributed by atoms with Gasteiger partial charge in [-0.1, -0.05) is 19.9 Å². The lowest BCUT2D eigenvalue weighted by atomic mass is 9.74. The molecule has 2 heterocycles. The normalized spacial score (nSPS) is 16.9. The van der Waals surface area contributed by atoms with Gasteiger partial charge in [-0.3, -0.25) is 14.1 Å². The Bertz CT molecular complexity index is 1280. The fraction of sp³-hybridized carbons (Fsp3) is 0.533. The van der Waals surface area contributed by atoms with E-state index in [1.54, 1.807) is 40.3 Å². The van der Waals surface area contributed by atoms with E-state index in [9.17, 15) is 14.1 Å². The maximum Gasteiger partial charge on any atom is 0.307 e. The summed E-state index contributed by atoms with van der Waals surface area (Å²) in [7, 11) is 0.322. The number of hydrogen-bond acceptors (Lipinski definition) is 5. The number of fused-ring (bicyclic) bond motifs is 3. The maximum absolute atomic E-state index is 12.8. The number of ether oxygens (including phenoxy) is 1. The molecule has 0 spiro atoms. The van der Waals surface area contributed by atoms with E-state index in [0.29, 0.717) is 12.3 Å². The predicted molar refractivity (Wildman–Crippen MR) is 155 cm³/mol. The van der Waals surface area contributed by atoms with Crippen molar-refractivity contribution in [3.05, 3.63) is 46.2 Å². The standard InChI is InChI=1S/C26H32N2O4S.C4H10O/c1-15-20(12-21(29)30)22(17-7-9-26(3,4)10-8-17)16(2)23-24-18(11-19(32-5)13-27-24)14-28(25(15)23)33(6)31;1-4(2,3)5/h7,11,13H,8-10,12,14H2,1-6H3,(H,29,30);5H,1-3H3. The van der Waals surface area contributed by atoms with Crippen LogP contribution in [0.5, 0.6) is 5.75 Å². The summed E-state index contributed by atoms with van der Waals surface area (Å²) in [5.41, 5.74) is 8.25. The molecular formula is C30H42N2O5S. The second-order valence-corrected chi connectivity index (χ2v) is 13.3. The number of anilines is 1. The van der Waals surface area contributed by atoms with Gasteiger partial charge in [0.1, 0.15) is 16.7 Å². The summed E-state index contributed by atoms with van der Waals surface area (Å²) in [5.74, 6) is -0.202. The number of carbonyl (C=O) groups is 1. The molecule has 0 saturated heterocycles. The molecule has 0 bridgehead atoms. The molecule has 2 aliphatic rings. The molecule has 38 heavy (non-hydrogen) atoms. The minimum atomic E-state index is -1.29. The van der Waals surface area contributed by atoms with Crippen LogP contribution in [-0.4, -0.2) is 44.3 Å². The number of aliphatic carboxylic acids is 1. The number of carboxylic acids is 1. The van der Waals surface area contributed by atoms with Crippen molar-refractivity contribution in [2.75, 3.05) is 17.7 Å². The first-order valence-electron chi connectivity index (χ1n) is 13.0. The summed E-state index contributed by atoms with van der Waals surface area (Å²) in [5, 5.41) is 18.3. The van der Waals surface area contributed by atoms with Crippen LogP contribution in [0.2, 0.25) is 0 Å². The minimum Gasteiger partial charge on any atom is -0.495 e. The monoisotopic (exact) mass is 542 g/mol. The van der Waals surface area contributed by atoms with Crippen molar-refractivity contribution >= 4 is 28.2 Å². The zero-order valence-corrected chi connectivity index (χ0v) is 25.0. The molecule has 0 fully saturated rings. The number of methoxy groups -OCH3 is 1. The van der Waals surface area contributed by atoms with E-state index in [2.05, 4.69) is 26.8 Å². The van der Waals surface area contributed by atoms with Gasteiger partial charge in [-0.05, 0) is 93.2 Å². The molecule has 1 unspecified atom stereocenters. The first-order valence-corrected chi connectivity index (χ1v) is 14.5. The molecule has 1 aliphatic carbocycles. The fourth-order valence-corrected chi connectivity index (χ4v) is 5.96. The molecule has 0 saturated carbocycles. The first-order chi connectivity index (χ1) is 17.5. The van der Waals surface area contributed by atoms with Crippen molar-refractivity contribution in [3.63, 3.8) is 0 Å². The lowest BCUT2D eigenvalue weighted by molar-refractivity contribution is -0.136. The summed E-state index contributed by atoms with van der Waals surface area (Å²) < 4.78 is 20.1. The highest BCUT2D eigenvalue weighted by Crippen LogP contribution is 2.49. The number of aliphatic hydroxyl groups is 1. The third-order valence-electron chi connectivity index (χ3n) is 7.01. The highest BCUT2D eigenvalue weighted by Gasteiger charge is 2.34. The molecule has 7 nitrogen and oxygen atoms in total. The topological polar surface area (TPSA) is 100.0 Å². The Balaban J connectivity index is 0.000000732. The molecular weight excluding hydrogens is 500 g/mol. The summed E-state index contributed by atoms with van der Waals surface area (Å²) in [6.07, 6.45) is 8.51. The summed E-state index contributed by atoms with van der Waals surface area (Å²) in [4.78, 5) is 16.6. The Hall–Kier alpha value is -2.71. The zero-order chi connectivity index (χ0) is 28.6. The summed E-state index contributed by atoms with van der Waals surface area (Å²) in [6.45, 7) is 14.2. The van der Waals surface area contributed by atoms with E-state index in [-0.39, 0.29) is 11.8 Å². The van der Waals surface area contributed by atoms with Crippen LogP contribution >= 0.6 is 0 Å². The van der Waals surface area contributed by atoms with Crippen LogP contribution in [0, 0.1) is 19.3 Å². The SMILES string of the molecule is CC(C)(C)O.COc1cnc2c(c1)CN(S(C)=O)c1c(C)c(CC(=O)O)c(C3=CCC(C)(C)CC3)c(C)c1-2. The second kappa shape index (κ2) is 11.2. The number of carboxylic acid groups (broad SMARTS) is 1. The third-order valence-corrected chi connectivity index (χ3v) is 7.94. The maximum atomic E-state index is 12.8. The van der Waals surface area contributed by atoms with E-state index in [0.717, 1.165) is 64.0 Å².